The van der Waals surface area contributed by atoms with Gasteiger partial charge in [-0.2, -0.15) is 0 Å². The minimum absolute atomic E-state index is 0.0964. The molecule has 2 amide bonds. The van der Waals surface area contributed by atoms with E-state index in [0.717, 1.165) is 17.6 Å². The molecule has 0 atom stereocenters. The van der Waals surface area contributed by atoms with Gasteiger partial charge in [0, 0.05) is 27.4 Å². The summed E-state index contributed by atoms with van der Waals surface area (Å²) in [5.74, 6) is 0. The number of urea groups is 1. The van der Waals surface area contributed by atoms with Gasteiger partial charge in [-0.25, -0.2) is 13.2 Å². The summed E-state index contributed by atoms with van der Waals surface area (Å²) < 4.78 is 22.2. The van der Waals surface area contributed by atoms with E-state index in [1.165, 1.54) is 16.8 Å². The highest BCUT2D eigenvalue weighted by molar-refractivity contribution is 7.92. The second-order valence-electron chi connectivity index (χ2n) is 3.36. The topological polar surface area (TPSA) is 83.5 Å². The lowest BCUT2D eigenvalue weighted by Crippen LogP contribution is -2.36. The number of hydrogen-bond donors (Lipinski definition) is 0. The minimum Gasteiger partial charge on any atom is -0.330 e. The van der Waals surface area contributed by atoms with Crippen LogP contribution in [0.4, 0.5) is 9.93 Å². The molecule has 1 aromatic heterocycles. The van der Waals surface area contributed by atoms with Gasteiger partial charge in [0.05, 0.1) is 0 Å². The Hall–Kier alpha value is -1.22. The Bertz CT molecular complexity index is 493. The molecule has 0 bridgehead atoms. The van der Waals surface area contributed by atoms with Gasteiger partial charge in [-0.05, 0) is 0 Å². The summed E-state index contributed by atoms with van der Waals surface area (Å²) in [6.07, 6.45) is 1.05. The lowest BCUT2D eigenvalue weighted by Gasteiger charge is -2.18. The summed E-state index contributed by atoms with van der Waals surface area (Å²) in [7, 11) is 1.33. The Morgan fingerprint density at radius 2 is 1.81 bits per heavy atom. The Labute approximate surface area is 97.6 Å². The van der Waals surface area contributed by atoms with Crippen molar-refractivity contribution < 1.29 is 13.2 Å². The summed E-state index contributed by atoms with van der Waals surface area (Å²) in [4.78, 5) is 14.1. The van der Waals surface area contributed by atoms with Gasteiger partial charge in [0.15, 0.2) is 0 Å². The van der Waals surface area contributed by atoms with E-state index in [2.05, 4.69) is 10.2 Å². The first-order chi connectivity index (χ1) is 7.23. The lowest BCUT2D eigenvalue weighted by molar-refractivity contribution is 0.225. The highest BCUT2D eigenvalue weighted by Crippen LogP contribution is 2.22. The Morgan fingerprint density at radius 1 is 1.25 bits per heavy atom. The Kier molecular flexibility index (Phi) is 3.48. The average Bonchev–Trinajstić information content (AvgIpc) is 2.63. The van der Waals surface area contributed by atoms with Crippen LogP contribution in [-0.2, 0) is 9.84 Å². The van der Waals surface area contributed by atoms with Crippen molar-refractivity contribution in [3.05, 3.63) is 0 Å². The first kappa shape index (κ1) is 12.8. The van der Waals surface area contributed by atoms with Crippen LogP contribution < -0.4 is 4.90 Å². The number of hydrogen-bond acceptors (Lipinski definition) is 6. The molecule has 9 heteroatoms. The molecule has 0 spiro atoms. The standard InChI is InChI=1S/C7H12N4O3S2/c1-10(2)7(12)11(3)5-8-9-6(15-5)16(4,13)14/h1-4H3. The van der Waals surface area contributed by atoms with Gasteiger partial charge in [-0.15, -0.1) is 10.2 Å². The molecule has 7 nitrogen and oxygen atoms in total. The van der Waals surface area contributed by atoms with Crippen LogP contribution in [0, 0.1) is 0 Å². The zero-order valence-corrected chi connectivity index (χ0v) is 11.0. The molecule has 0 aromatic carbocycles. The van der Waals surface area contributed by atoms with E-state index >= 15 is 0 Å². The fourth-order valence-electron chi connectivity index (χ4n) is 0.870. The molecule has 16 heavy (non-hydrogen) atoms. The highest BCUT2D eigenvalue weighted by atomic mass is 32.2. The SMILES string of the molecule is CN(C)C(=O)N(C)c1nnc(S(C)(=O)=O)s1. The van der Waals surface area contributed by atoms with Crippen LogP contribution in [0.15, 0.2) is 4.34 Å². The van der Waals surface area contributed by atoms with Crippen LogP contribution in [0.2, 0.25) is 0 Å². The third-order valence-electron chi connectivity index (χ3n) is 1.67. The molecule has 1 rings (SSSR count). The molecule has 1 aromatic rings. The average molecular weight is 264 g/mol. The predicted octanol–water partition coefficient (Wildman–Crippen LogP) is 0.0594. The predicted molar refractivity (Wildman–Crippen MR) is 60.5 cm³/mol. The van der Waals surface area contributed by atoms with Gasteiger partial charge in [0.1, 0.15) is 0 Å². The third kappa shape index (κ3) is 2.67. The van der Waals surface area contributed by atoms with Crippen molar-refractivity contribution in [3.8, 4) is 0 Å². The second-order valence-corrected chi connectivity index (χ2v) is 6.50. The molecule has 0 aliphatic heterocycles. The number of rotatable bonds is 2. The van der Waals surface area contributed by atoms with Crippen LogP contribution in [0.5, 0.6) is 0 Å². The molecule has 0 saturated heterocycles. The van der Waals surface area contributed by atoms with Crippen LogP contribution >= 0.6 is 11.3 Å². The van der Waals surface area contributed by atoms with Gasteiger partial charge in [-0.1, -0.05) is 11.3 Å². The van der Waals surface area contributed by atoms with Gasteiger partial charge in [0.2, 0.25) is 19.3 Å². The van der Waals surface area contributed by atoms with E-state index in [9.17, 15) is 13.2 Å². The van der Waals surface area contributed by atoms with Gasteiger partial charge in [-0.3, -0.25) is 4.90 Å². The minimum atomic E-state index is -3.37. The molecule has 0 saturated carbocycles. The van der Waals surface area contributed by atoms with Crippen molar-refractivity contribution in [2.75, 3.05) is 32.3 Å². The summed E-state index contributed by atoms with van der Waals surface area (Å²) in [5.41, 5.74) is 0. The maximum Gasteiger partial charge on any atom is 0.325 e. The Morgan fingerprint density at radius 3 is 2.19 bits per heavy atom. The van der Waals surface area contributed by atoms with E-state index in [4.69, 9.17) is 0 Å². The summed E-state index contributed by atoms with van der Waals surface area (Å²) >= 11 is 0.862. The third-order valence-corrected chi connectivity index (χ3v) is 4.34. The molecule has 0 N–H and O–H groups in total. The number of nitrogens with zero attached hydrogens (tertiary/aromatic N) is 4. The maximum absolute atomic E-state index is 11.5. The Balaban J connectivity index is 2.99. The highest BCUT2D eigenvalue weighted by Gasteiger charge is 2.20. The number of carbonyl (C=O) groups excluding carboxylic acids is 1. The number of anilines is 1. The number of aromatic nitrogens is 2. The van der Waals surface area contributed by atoms with E-state index in [0.29, 0.717) is 0 Å². The molecular weight excluding hydrogens is 252 g/mol. The van der Waals surface area contributed by atoms with Crippen molar-refractivity contribution in [2.24, 2.45) is 0 Å². The molecule has 0 fully saturated rings. The zero-order valence-electron chi connectivity index (χ0n) is 9.33. The van der Waals surface area contributed by atoms with Crippen molar-refractivity contribution in [1.29, 1.82) is 0 Å². The number of amides is 2. The van der Waals surface area contributed by atoms with Gasteiger partial charge < -0.3 is 4.90 Å². The summed E-state index contributed by atoms with van der Waals surface area (Å²) in [5, 5.41) is 7.42. The van der Waals surface area contributed by atoms with Crippen molar-refractivity contribution >= 4 is 32.3 Å². The molecular formula is C7H12N4O3S2. The number of carbonyl (C=O) groups is 1. The quantitative estimate of drug-likeness (QED) is 0.705. The zero-order chi connectivity index (χ0) is 12.5. The summed E-state index contributed by atoms with van der Waals surface area (Å²) in [6.45, 7) is 0. The van der Waals surface area contributed by atoms with Crippen LogP contribution in [0.25, 0.3) is 0 Å². The molecule has 0 aliphatic carbocycles. The maximum atomic E-state index is 11.5. The largest absolute Gasteiger partial charge is 0.330 e. The van der Waals surface area contributed by atoms with E-state index in [-0.39, 0.29) is 15.5 Å². The first-order valence-electron chi connectivity index (χ1n) is 4.22. The summed E-state index contributed by atoms with van der Waals surface area (Å²) in [6, 6.07) is -0.295. The smallest absolute Gasteiger partial charge is 0.325 e. The van der Waals surface area contributed by atoms with E-state index in [1.54, 1.807) is 14.1 Å². The van der Waals surface area contributed by atoms with Crippen molar-refractivity contribution in [1.82, 2.24) is 15.1 Å². The lowest BCUT2D eigenvalue weighted by atomic mass is 10.7. The first-order valence-corrected chi connectivity index (χ1v) is 6.93. The molecule has 0 aliphatic rings. The van der Waals surface area contributed by atoms with Gasteiger partial charge in [0.25, 0.3) is 0 Å². The van der Waals surface area contributed by atoms with Crippen LogP contribution in [0.3, 0.4) is 0 Å². The van der Waals surface area contributed by atoms with Crippen LogP contribution in [0.1, 0.15) is 0 Å². The second kappa shape index (κ2) is 4.34. The van der Waals surface area contributed by atoms with Crippen LogP contribution in [-0.4, -0.2) is 56.9 Å². The van der Waals surface area contributed by atoms with Crippen molar-refractivity contribution in [2.45, 2.75) is 4.34 Å². The van der Waals surface area contributed by atoms with E-state index in [1.807, 2.05) is 0 Å². The fourth-order valence-corrected chi connectivity index (χ4v) is 2.42. The van der Waals surface area contributed by atoms with E-state index < -0.39 is 9.84 Å². The monoisotopic (exact) mass is 264 g/mol. The van der Waals surface area contributed by atoms with Crippen molar-refractivity contribution in [3.63, 3.8) is 0 Å². The molecule has 90 valence electrons. The molecule has 0 unspecified atom stereocenters. The normalized spacial score (nSPS) is 11.2. The number of sulfone groups is 1. The molecule has 1 heterocycles. The van der Waals surface area contributed by atoms with Gasteiger partial charge >= 0.3 is 6.03 Å². The fraction of sp³-hybridized carbons (Fsp3) is 0.571. The molecule has 0 radical (unpaired) electrons.